The first kappa shape index (κ1) is 20.9. The maximum absolute atomic E-state index is 10.9. The van der Waals surface area contributed by atoms with Crippen molar-refractivity contribution in [1.29, 1.82) is 0 Å². The lowest BCUT2D eigenvalue weighted by molar-refractivity contribution is -0.117. The average Bonchev–Trinajstić information content (AvgIpc) is 2.79. The van der Waals surface area contributed by atoms with E-state index >= 15 is 0 Å². The minimum atomic E-state index is -0.354. The Bertz CT molecular complexity index is 1320. The summed E-state index contributed by atoms with van der Waals surface area (Å²) in [5.41, 5.74) is 8.68. The van der Waals surface area contributed by atoms with Crippen LogP contribution in [0, 0.1) is 18.8 Å². The van der Waals surface area contributed by atoms with Crippen LogP contribution in [0.1, 0.15) is 24.0 Å². The molecular weight excluding hydrogens is 400 g/mol. The topological polar surface area (TPSA) is 90.1 Å². The predicted molar refractivity (Wildman–Crippen MR) is 126 cm³/mol. The van der Waals surface area contributed by atoms with Crippen LogP contribution in [0.15, 0.2) is 73.1 Å². The molecule has 158 valence electrons. The maximum Gasteiger partial charge on any atom is 0.218 e. The van der Waals surface area contributed by atoms with Crippen molar-refractivity contribution < 1.29 is 9.53 Å². The van der Waals surface area contributed by atoms with Gasteiger partial charge >= 0.3 is 0 Å². The molecule has 3 N–H and O–H groups in total. The Hall–Kier alpha value is -4.37. The fraction of sp³-hybridized carbons (Fsp3) is 0.115. The van der Waals surface area contributed by atoms with E-state index in [9.17, 15) is 4.79 Å². The summed E-state index contributed by atoms with van der Waals surface area (Å²) in [5.74, 6) is 7.96. The number of nitrogens with two attached hydrogens (primary N) is 1. The van der Waals surface area contributed by atoms with E-state index in [1.54, 1.807) is 0 Å². The number of anilines is 2. The third-order valence-corrected chi connectivity index (χ3v) is 4.77. The second kappa shape index (κ2) is 9.63. The number of hydrogen-bond acceptors (Lipinski definition) is 5. The zero-order valence-electron chi connectivity index (χ0n) is 17.6. The van der Waals surface area contributed by atoms with Gasteiger partial charge in [-0.15, -0.1) is 0 Å². The Labute approximate surface area is 186 Å². The zero-order chi connectivity index (χ0) is 22.3. The zero-order valence-corrected chi connectivity index (χ0v) is 17.6. The molecule has 0 saturated carbocycles. The number of rotatable bonds is 6. The summed E-state index contributed by atoms with van der Waals surface area (Å²) in [6, 6.07) is 21.3. The number of ether oxygens (including phenoxy) is 1. The standard InChI is InChI=1S/C26H22N4O2/c1-18-15-20(12-14-24(18)32-21-8-3-2-4-9-21)30-26-22-16-19(7-5-6-10-25(27)31)11-13-23(22)28-17-29-26/h2-4,8-9,11-17H,6,10H2,1H3,(H2,27,31)(H,28,29,30). The number of para-hydroxylation sites is 1. The number of primary amides is 1. The Morgan fingerprint density at radius 1 is 1.06 bits per heavy atom. The average molecular weight is 422 g/mol. The van der Waals surface area contributed by atoms with Gasteiger partial charge in [-0.2, -0.15) is 0 Å². The number of hydrogen-bond donors (Lipinski definition) is 2. The van der Waals surface area contributed by atoms with Crippen LogP contribution in [0.4, 0.5) is 11.5 Å². The highest BCUT2D eigenvalue weighted by Crippen LogP contribution is 2.29. The van der Waals surface area contributed by atoms with E-state index in [1.807, 2.05) is 73.7 Å². The number of carbonyl (C=O) groups excluding carboxylic acids is 1. The summed E-state index contributed by atoms with van der Waals surface area (Å²) < 4.78 is 5.96. The molecule has 32 heavy (non-hydrogen) atoms. The Morgan fingerprint density at radius 2 is 1.91 bits per heavy atom. The quantitative estimate of drug-likeness (QED) is 0.422. The van der Waals surface area contributed by atoms with Crippen LogP contribution in [-0.2, 0) is 4.79 Å². The molecule has 0 atom stereocenters. The molecule has 0 spiro atoms. The molecule has 0 fully saturated rings. The summed E-state index contributed by atoms with van der Waals surface area (Å²) >= 11 is 0. The normalized spacial score (nSPS) is 10.3. The van der Waals surface area contributed by atoms with Crippen molar-refractivity contribution in [1.82, 2.24) is 9.97 Å². The lowest BCUT2D eigenvalue weighted by Gasteiger charge is -2.12. The molecule has 3 aromatic carbocycles. The van der Waals surface area contributed by atoms with E-state index in [0.717, 1.165) is 39.2 Å². The van der Waals surface area contributed by atoms with Gasteiger partial charge < -0.3 is 15.8 Å². The van der Waals surface area contributed by atoms with Gasteiger partial charge in [-0.1, -0.05) is 30.0 Å². The monoisotopic (exact) mass is 422 g/mol. The molecule has 0 radical (unpaired) electrons. The van der Waals surface area contributed by atoms with Crippen molar-refractivity contribution >= 4 is 28.3 Å². The summed E-state index contributed by atoms with van der Waals surface area (Å²) in [5, 5.41) is 4.23. The largest absolute Gasteiger partial charge is 0.457 e. The molecular formula is C26H22N4O2. The third kappa shape index (κ3) is 5.21. The summed E-state index contributed by atoms with van der Waals surface area (Å²) in [6.45, 7) is 2.00. The van der Waals surface area contributed by atoms with Crippen LogP contribution in [0.2, 0.25) is 0 Å². The first-order valence-corrected chi connectivity index (χ1v) is 10.2. The number of nitrogens with one attached hydrogen (secondary N) is 1. The minimum absolute atomic E-state index is 0.250. The van der Waals surface area contributed by atoms with E-state index in [4.69, 9.17) is 10.5 Å². The Morgan fingerprint density at radius 3 is 2.69 bits per heavy atom. The number of benzene rings is 3. The fourth-order valence-corrected chi connectivity index (χ4v) is 3.18. The highest BCUT2D eigenvalue weighted by Gasteiger charge is 2.07. The molecule has 1 amide bonds. The van der Waals surface area contributed by atoms with Crippen LogP contribution in [0.25, 0.3) is 10.9 Å². The number of fused-ring (bicyclic) bond motifs is 1. The van der Waals surface area contributed by atoms with Crippen LogP contribution in [0.3, 0.4) is 0 Å². The van der Waals surface area contributed by atoms with Crippen molar-refractivity contribution in [3.63, 3.8) is 0 Å². The number of carbonyl (C=O) groups is 1. The van der Waals surface area contributed by atoms with Crippen LogP contribution < -0.4 is 15.8 Å². The van der Waals surface area contributed by atoms with Crippen molar-refractivity contribution in [3.8, 4) is 23.3 Å². The van der Waals surface area contributed by atoms with Crippen molar-refractivity contribution in [2.24, 2.45) is 5.73 Å². The molecule has 4 rings (SSSR count). The van der Waals surface area contributed by atoms with Crippen LogP contribution in [0.5, 0.6) is 11.5 Å². The van der Waals surface area contributed by atoms with Gasteiger partial charge in [0.2, 0.25) is 5.91 Å². The highest BCUT2D eigenvalue weighted by atomic mass is 16.5. The molecule has 0 aliphatic heterocycles. The van der Waals surface area contributed by atoms with E-state index in [2.05, 4.69) is 27.1 Å². The molecule has 6 nitrogen and oxygen atoms in total. The highest BCUT2D eigenvalue weighted by molar-refractivity contribution is 5.91. The summed E-state index contributed by atoms with van der Waals surface area (Å²) in [6.07, 6.45) is 2.21. The van der Waals surface area contributed by atoms with Crippen molar-refractivity contribution in [2.45, 2.75) is 19.8 Å². The molecule has 6 heteroatoms. The predicted octanol–water partition coefficient (Wildman–Crippen LogP) is 5.09. The van der Waals surface area contributed by atoms with Crippen LogP contribution >= 0.6 is 0 Å². The molecule has 1 aromatic heterocycles. The summed E-state index contributed by atoms with van der Waals surface area (Å²) in [7, 11) is 0. The third-order valence-electron chi connectivity index (χ3n) is 4.77. The molecule has 1 heterocycles. The second-order valence-corrected chi connectivity index (χ2v) is 7.24. The maximum atomic E-state index is 10.9. The van der Waals surface area contributed by atoms with E-state index in [-0.39, 0.29) is 12.3 Å². The molecule has 0 aliphatic rings. The van der Waals surface area contributed by atoms with Crippen molar-refractivity contribution in [3.05, 3.63) is 84.2 Å². The summed E-state index contributed by atoms with van der Waals surface area (Å²) in [4.78, 5) is 19.6. The van der Waals surface area contributed by atoms with Crippen molar-refractivity contribution in [2.75, 3.05) is 5.32 Å². The molecule has 0 saturated heterocycles. The lowest BCUT2D eigenvalue weighted by Crippen LogP contribution is -2.08. The Kier molecular flexibility index (Phi) is 6.28. The van der Waals surface area contributed by atoms with E-state index < -0.39 is 0 Å². The van der Waals surface area contributed by atoms with E-state index in [0.29, 0.717) is 12.2 Å². The Balaban J connectivity index is 1.56. The van der Waals surface area contributed by atoms with Gasteiger partial charge in [0.1, 0.15) is 23.6 Å². The number of aryl methyl sites for hydroxylation is 1. The first-order valence-electron chi connectivity index (χ1n) is 10.2. The number of nitrogens with zero attached hydrogens (tertiary/aromatic N) is 2. The first-order chi connectivity index (χ1) is 15.6. The van der Waals surface area contributed by atoms with Crippen LogP contribution in [-0.4, -0.2) is 15.9 Å². The van der Waals surface area contributed by atoms with Gasteiger partial charge in [0.25, 0.3) is 0 Å². The van der Waals surface area contributed by atoms with Gasteiger partial charge in [-0.05, 0) is 61.0 Å². The molecule has 4 aromatic rings. The second-order valence-electron chi connectivity index (χ2n) is 7.24. The van der Waals surface area contributed by atoms with Gasteiger partial charge in [0.15, 0.2) is 0 Å². The lowest BCUT2D eigenvalue weighted by atomic mass is 10.1. The fourth-order valence-electron chi connectivity index (χ4n) is 3.18. The van der Waals surface area contributed by atoms with Gasteiger partial charge in [-0.3, -0.25) is 4.79 Å². The molecule has 0 unspecified atom stereocenters. The van der Waals surface area contributed by atoms with Gasteiger partial charge in [0.05, 0.1) is 5.52 Å². The van der Waals surface area contributed by atoms with Gasteiger partial charge in [-0.25, -0.2) is 9.97 Å². The SMILES string of the molecule is Cc1cc(Nc2ncnc3ccc(C#CCCC(N)=O)cc23)ccc1Oc1ccccc1. The molecule has 0 bridgehead atoms. The molecule has 0 aliphatic carbocycles. The smallest absolute Gasteiger partial charge is 0.218 e. The van der Waals surface area contributed by atoms with E-state index in [1.165, 1.54) is 6.33 Å². The van der Waals surface area contributed by atoms with Gasteiger partial charge in [0, 0.05) is 29.5 Å². The number of aromatic nitrogens is 2. The minimum Gasteiger partial charge on any atom is -0.457 e. The number of amides is 1.